The third-order valence-corrected chi connectivity index (χ3v) is 2.69. The van der Waals surface area contributed by atoms with Gasteiger partial charge in [0.25, 0.3) is 5.91 Å². The van der Waals surface area contributed by atoms with E-state index in [2.05, 4.69) is 23.8 Å². The Labute approximate surface area is 78.5 Å². The highest BCUT2D eigenvalue weighted by atomic mass is 16.6. The molecule has 0 aromatic carbocycles. The van der Waals surface area contributed by atoms with E-state index in [0.717, 1.165) is 13.0 Å². The Morgan fingerprint density at radius 3 is 2.77 bits per heavy atom. The minimum absolute atomic E-state index is 0.0568. The maximum Gasteiger partial charge on any atom is 0.268 e. The van der Waals surface area contributed by atoms with Crippen LogP contribution in [0.3, 0.4) is 0 Å². The molecule has 1 amide bonds. The van der Waals surface area contributed by atoms with Gasteiger partial charge in [-0.15, -0.1) is 0 Å². The molecule has 0 radical (unpaired) electrons. The molecule has 0 aromatic rings. The molecule has 2 unspecified atom stereocenters. The predicted octanol–water partition coefficient (Wildman–Crippen LogP) is 0.876. The first-order valence-electron chi connectivity index (χ1n) is 4.54. The molecule has 0 aromatic heterocycles. The summed E-state index contributed by atoms with van der Waals surface area (Å²) in [6, 6.07) is 0.316. The van der Waals surface area contributed by atoms with Crippen LogP contribution < -0.4 is 0 Å². The standard InChI is InChI=1S/C9H16N2O2/c1-7-4-5-11(8(7)2)9(12)6-10-13-3/h6-8H,4-5H2,1-3H3/b10-6+. The van der Waals surface area contributed by atoms with Crippen molar-refractivity contribution in [3.8, 4) is 0 Å². The highest BCUT2D eigenvalue weighted by Gasteiger charge is 2.29. The lowest BCUT2D eigenvalue weighted by molar-refractivity contribution is -0.124. The van der Waals surface area contributed by atoms with Gasteiger partial charge in [0.1, 0.15) is 13.3 Å². The van der Waals surface area contributed by atoms with E-state index in [1.807, 2.05) is 4.90 Å². The molecular formula is C9H16N2O2. The largest absolute Gasteiger partial charge is 0.399 e. The Kier molecular flexibility index (Phi) is 3.28. The van der Waals surface area contributed by atoms with Crippen molar-refractivity contribution in [3.63, 3.8) is 0 Å². The Morgan fingerprint density at radius 2 is 2.31 bits per heavy atom. The van der Waals surface area contributed by atoms with Crippen LogP contribution in [0.4, 0.5) is 0 Å². The quantitative estimate of drug-likeness (QED) is 0.472. The number of hydrogen-bond acceptors (Lipinski definition) is 3. The summed E-state index contributed by atoms with van der Waals surface area (Å²) in [7, 11) is 1.43. The van der Waals surface area contributed by atoms with Gasteiger partial charge in [-0.05, 0) is 19.3 Å². The second-order valence-electron chi connectivity index (χ2n) is 3.46. The van der Waals surface area contributed by atoms with E-state index in [4.69, 9.17) is 0 Å². The zero-order valence-corrected chi connectivity index (χ0v) is 8.36. The Bertz CT molecular complexity index is 216. The molecule has 1 saturated heterocycles. The van der Waals surface area contributed by atoms with Crippen LogP contribution in [-0.4, -0.2) is 36.7 Å². The lowest BCUT2D eigenvalue weighted by Crippen LogP contribution is -2.36. The first-order chi connectivity index (χ1) is 6.16. The molecule has 1 fully saturated rings. The maximum atomic E-state index is 11.5. The van der Waals surface area contributed by atoms with Gasteiger partial charge >= 0.3 is 0 Å². The SMILES string of the molecule is CO/N=C/C(=O)N1CCC(C)C1C. The first kappa shape index (κ1) is 10.0. The molecule has 1 aliphatic heterocycles. The summed E-state index contributed by atoms with van der Waals surface area (Å²) in [5, 5.41) is 3.46. The number of hydrogen-bond donors (Lipinski definition) is 0. The molecular weight excluding hydrogens is 168 g/mol. The molecule has 74 valence electrons. The van der Waals surface area contributed by atoms with Crippen LogP contribution >= 0.6 is 0 Å². The normalized spacial score (nSPS) is 28.4. The molecule has 4 heteroatoms. The van der Waals surface area contributed by atoms with Crippen molar-refractivity contribution in [2.45, 2.75) is 26.3 Å². The summed E-state index contributed by atoms with van der Waals surface area (Å²) in [6.45, 7) is 5.05. The van der Waals surface area contributed by atoms with Crippen LogP contribution in [0.1, 0.15) is 20.3 Å². The minimum atomic E-state index is -0.0568. The van der Waals surface area contributed by atoms with Gasteiger partial charge in [0.2, 0.25) is 0 Å². The number of oxime groups is 1. The molecule has 0 aliphatic carbocycles. The number of rotatable bonds is 2. The van der Waals surface area contributed by atoms with Crippen molar-refractivity contribution in [1.29, 1.82) is 0 Å². The minimum Gasteiger partial charge on any atom is -0.399 e. The molecule has 1 heterocycles. The maximum absolute atomic E-state index is 11.5. The second kappa shape index (κ2) is 4.25. The fraction of sp³-hybridized carbons (Fsp3) is 0.778. The van der Waals surface area contributed by atoms with Gasteiger partial charge in [-0.2, -0.15) is 0 Å². The summed E-state index contributed by atoms with van der Waals surface area (Å²) in [5.74, 6) is 0.526. The Morgan fingerprint density at radius 1 is 1.62 bits per heavy atom. The summed E-state index contributed by atoms with van der Waals surface area (Å²) in [4.78, 5) is 17.7. The van der Waals surface area contributed by atoms with E-state index in [1.54, 1.807) is 0 Å². The van der Waals surface area contributed by atoms with Gasteiger partial charge in [-0.1, -0.05) is 12.1 Å². The van der Waals surface area contributed by atoms with E-state index < -0.39 is 0 Å². The molecule has 0 spiro atoms. The van der Waals surface area contributed by atoms with E-state index in [-0.39, 0.29) is 5.91 Å². The third-order valence-electron chi connectivity index (χ3n) is 2.69. The lowest BCUT2D eigenvalue weighted by Gasteiger charge is -2.21. The average Bonchev–Trinajstić information content (AvgIpc) is 2.44. The number of likely N-dealkylation sites (tertiary alicyclic amines) is 1. The number of carbonyl (C=O) groups excluding carboxylic acids is 1. The van der Waals surface area contributed by atoms with Gasteiger partial charge in [-0.3, -0.25) is 4.79 Å². The van der Waals surface area contributed by atoms with Crippen molar-refractivity contribution in [2.24, 2.45) is 11.1 Å². The molecule has 4 nitrogen and oxygen atoms in total. The zero-order valence-electron chi connectivity index (χ0n) is 8.36. The first-order valence-corrected chi connectivity index (χ1v) is 4.54. The molecule has 0 saturated carbocycles. The van der Waals surface area contributed by atoms with Crippen molar-refractivity contribution < 1.29 is 9.63 Å². The molecule has 0 N–H and O–H groups in total. The van der Waals surface area contributed by atoms with Gasteiger partial charge in [0.15, 0.2) is 0 Å². The lowest BCUT2D eigenvalue weighted by atomic mass is 10.1. The molecule has 1 rings (SSSR count). The zero-order chi connectivity index (χ0) is 9.84. The number of nitrogens with zero attached hydrogens (tertiary/aromatic N) is 2. The average molecular weight is 184 g/mol. The topological polar surface area (TPSA) is 41.9 Å². The predicted molar refractivity (Wildman–Crippen MR) is 50.5 cm³/mol. The molecule has 1 aliphatic rings. The van der Waals surface area contributed by atoms with Crippen LogP contribution in [0, 0.1) is 5.92 Å². The highest BCUT2D eigenvalue weighted by Crippen LogP contribution is 2.22. The van der Waals surface area contributed by atoms with E-state index >= 15 is 0 Å². The molecule has 13 heavy (non-hydrogen) atoms. The van der Waals surface area contributed by atoms with Crippen LogP contribution in [0.2, 0.25) is 0 Å². The van der Waals surface area contributed by atoms with Gasteiger partial charge in [0, 0.05) is 12.6 Å². The Hall–Kier alpha value is -1.06. The smallest absolute Gasteiger partial charge is 0.268 e. The van der Waals surface area contributed by atoms with Crippen molar-refractivity contribution in [1.82, 2.24) is 4.90 Å². The fourth-order valence-corrected chi connectivity index (χ4v) is 1.58. The van der Waals surface area contributed by atoms with E-state index in [1.165, 1.54) is 13.3 Å². The van der Waals surface area contributed by atoms with Gasteiger partial charge < -0.3 is 9.74 Å². The number of amides is 1. The monoisotopic (exact) mass is 184 g/mol. The summed E-state index contributed by atoms with van der Waals surface area (Å²) in [5.41, 5.74) is 0. The Balaban J connectivity index is 2.53. The highest BCUT2D eigenvalue weighted by molar-refractivity contribution is 6.26. The third kappa shape index (κ3) is 2.20. The van der Waals surface area contributed by atoms with Gasteiger partial charge in [0.05, 0.1) is 0 Å². The van der Waals surface area contributed by atoms with Crippen LogP contribution in [0.5, 0.6) is 0 Å². The van der Waals surface area contributed by atoms with E-state index in [0.29, 0.717) is 12.0 Å². The molecule has 2 atom stereocenters. The van der Waals surface area contributed by atoms with Gasteiger partial charge in [-0.25, -0.2) is 0 Å². The number of carbonyl (C=O) groups is 1. The van der Waals surface area contributed by atoms with Crippen molar-refractivity contribution in [3.05, 3.63) is 0 Å². The van der Waals surface area contributed by atoms with Crippen molar-refractivity contribution in [2.75, 3.05) is 13.7 Å². The van der Waals surface area contributed by atoms with Crippen LogP contribution in [0.25, 0.3) is 0 Å². The fourth-order valence-electron chi connectivity index (χ4n) is 1.58. The summed E-state index contributed by atoms with van der Waals surface area (Å²) >= 11 is 0. The van der Waals surface area contributed by atoms with E-state index in [9.17, 15) is 4.79 Å². The second-order valence-corrected chi connectivity index (χ2v) is 3.46. The van der Waals surface area contributed by atoms with Crippen LogP contribution in [-0.2, 0) is 9.63 Å². The van der Waals surface area contributed by atoms with Crippen molar-refractivity contribution >= 4 is 12.1 Å². The summed E-state index contributed by atoms with van der Waals surface area (Å²) in [6.07, 6.45) is 2.31. The molecule has 0 bridgehead atoms. The van der Waals surface area contributed by atoms with Crippen LogP contribution in [0.15, 0.2) is 5.16 Å². The summed E-state index contributed by atoms with van der Waals surface area (Å²) < 4.78 is 0.